The molecular formula is C16H19N3O. The van der Waals surface area contributed by atoms with Crippen molar-refractivity contribution in [3.8, 4) is 6.07 Å². The highest BCUT2D eigenvalue weighted by Crippen LogP contribution is 2.28. The van der Waals surface area contributed by atoms with E-state index < -0.39 is 0 Å². The molecule has 2 fully saturated rings. The minimum Gasteiger partial charge on any atom is -0.325 e. The summed E-state index contributed by atoms with van der Waals surface area (Å²) >= 11 is 0. The van der Waals surface area contributed by atoms with Crippen LogP contribution in [-0.4, -0.2) is 29.4 Å². The van der Waals surface area contributed by atoms with Gasteiger partial charge in [-0.25, -0.2) is 0 Å². The first-order valence-electron chi connectivity index (χ1n) is 7.30. The van der Waals surface area contributed by atoms with Crippen LogP contribution in [0.15, 0.2) is 30.3 Å². The number of benzene rings is 1. The predicted molar refractivity (Wildman–Crippen MR) is 75.7 cm³/mol. The summed E-state index contributed by atoms with van der Waals surface area (Å²) in [6.07, 6.45) is 3.59. The van der Waals surface area contributed by atoms with E-state index in [-0.39, 0.29) is 24.0 Å². The van der Waals surface area contributed by atoms with Crippen LogP contribution in [0.4, 0.5) is 0 Å². The van der Waals surface area contributed by atoms with Crippen molar-refractivity contribution in [2.45, 2.75) is 43.8 Å². The number of likely N-dealkylation sites (tertiary alicyclic amines) is 1. The van der Waals surface area contributed by atoms with E-state index in [1.165, 1.54) is 5.56 Å². The van der Waals surface area contributed by atoms with E-state index in [0.29, 0.717) is 0 Å². The lowest BCUT2D eigenvalue weighted by molar-refractivity contribution is -0.133. The van der Waals surface area contributed by atoms with Crippen molar-refractivity contribution in [1.82, 2.24) is 10.2 Å². The SMILES string of the molecule is N#C[C@@H]1CCCN1C(=O)C1CC[C@H](c2ccccc2)N1. The van der Waals surface area contributed by atoms with Gasteiger partial charge in [-0.2, -0.15) is 5.26 Å². The summed E-state index contributed by atoms with van der Waals surface area (Å²) in [5.41, 5.74) is 1.24. The first-order chi connectivity index (χ1) is 9.79. The van der Waals surface area contributed by atoms with Gasteiger partial charge < -0.3 is 4.90 Å². The lowest BCUT2D eigenvalue weighted by Crippen LogP contribution is -2.45. The average molecular weight is 269 g/mol. The quantitative estimate of drug-likeness (QED) is 0.893. The molecule has 0 aromatic heterocycles. The largest absolute Gasteiger partial charge is 0.325 e. The molecule has 4 nitrogen and oxygen atoms in total. The van der Waals surface area contributed by atoms with Crippen molar-refractivity contribution < 1.29 is 4.79 Å². The molecule has 0 aliphatic carbocycles. The number of nitriles is 1. The number of carbonyl (C=O) groups is 1. The maximum Gasteiger partial charge on any atom is 0.240 e. The highest BCUT2D eigenvalue weighted by atomic mass is 16.2. The molecule has 2 saturated heterocycles. The lowest BCUT2D eigenvalue weighted by atomic mass is 10.1. The molecule has 1 aromatic carbocycles. The van der Waals surface area contributed by atoms with Gasteiger partial charge in [-0.15, -0.1) is 0 Å². The van der Waals surface area contributed by atoms with Crippen LogP contribution in [0.5, 0.6) is 0 Å². The van der Waals surface area contributed by atoms with Crippen LogP contribution in [0.25, 0.3) is 0 Å². The van der Waals surface area contributed by atoms with Crippen LogP contribution >= 0.6 is 0 Å². The second-order valence-corrected chi connectivity index (χ2v) is 5.58. The maximum atomic E-state index is 12.5. The standard InChI is InChI=1S/C16H19N3O/c17-11-13-7-4-10-19(13)16(20)15-9-8-14(18-15)12-5-2-1-3-6-12/h1-3,5-6,13-15,18H,4,7-10H2/t13-,14+,15?/m0/s1. The molecule has 1 N–H and O–H groups in total. The minimum atomic E-state index is -0.222. The Morgan fingerprint density at radius 3 is 2.80 bits per heavy atom. The van der Waals surface area contributed by atoms with Crippen LogP contribution in [0.1, 0.15) is 37.3 Å². The first kappa shape index (κ1) is 13.1. The van der Waals surface area contributed by atoms with Gasteiger partial charge in [0.05, 0.1) is 12.1 Å². The molecule has 0 saturated carbocycles. The molecule has 1 unspecified atom stereocenters. The number of nitrogens with zero attached hydrogens (tertiary/aromatic N) is 2. The van der Waals surface area contributed by atoms with Gasteiger partial charge in [0.1, 0.15) is 6.04 Å². The summed E-state index contributed by atoms with van der Waals surface area (Å²) in [5, 5.41) is 12.5. The van der Waals surface area contributed by atoms with Crippen molar-refractivity contribution in [3.05, 3.63) is 35.9 Å². The monoisotopic (exact) mass is 269 g/mol. The average Bonchev–Trinajstić information content (AvgIpc) is 3.16. The zero-order chi connectivity index (χ0) is 13.9. The van der Waals surface area contributed by atoms with Crippen LogP contribution < -0.4 is 5.32 Å². The van der Waals surface area contributed by atoms with Crippen LogP contribution in [0.3, 0.4) is 0 Å². The van der Waals surface area contributed by atoms with E-state index in [4.69, 9.17) is 5.26 Å². The summed E-state index contributed by atoms with van der Waals surface area (Å²) in [5.74, 6) is 0.104. The fraction of sp³-hybridized carbons (Fsp3) is 0.500. The smallest absolute Gasteiger partial charge is 0.240 e. The molecule has 1 amide bonds. The Kier molecular flexibility index (Phi) is 3.70. The van der Waals surface area contributed by atoms with E-state index in [1.54, 1.807) is 4.90 Å². The van der Waals surface area contributed by atoms with Gasteiger partial charge in [-0.1, -0.05) is 30.3 Å². The summed E-state index contributed by atoms with van der Waals surface area (Å²) < 4.78 is 0. The number of rotatable bonds is 2. The summed E-state index contributed by atoms with van der Waals surface area (Å²) in [6, 6.07) is 12.4. The van der Waals surface area contributed by atoms with Gasteiger partial charge in [0.15, 0.2) is 0 Å². The van der Waals surface area contributed by atoms with Crippen molar-refractivity contribution in [2.75, 3.05) is 6.54 Å². The van der Waals surface area contributed by atoms with Gasteiger partial charge >= 0.3 is 0 Å². The molecule has 1 aromatic rings. The molecule has 2 heterocycles. The van der Waals surface area contributed by atoms with E-state index in [9.17, 15) is 4.79 Å². The number of hydrogen-bond acceptors (Lipinski definition) is 3. The number of carbonyl (C=O) groups excluding carboxylic acids is 1. The molecule has 4 heteroatoms. The molecule has 0 bridgehead atoms. The Hall–Kier alpha value is -1.86. The highest BCUT2D eigenvalue weighted by Gasteiger charge is 2.36. The van der Waals surface area contributed by atoms with E-state index >= 15 is 0 Å². The van der Waals surface area contributed by atoms with Crippen LogP contribution in [-0.2, 0) is 4.79 Å². The molecular weight excluding hydrogens is 250 g/mol. The fourth-order valence-corrected chi connectivity index (χ4v) is 3.25. The number of nitrogens with one attached hydrogen (secondary N) is 1. The molecule has 20 heavy (non-hydrogen) atoms. The molecule has 0 radical (unpaired) electrons. The van der Waals surface area contributed by atoms with Gasteiger partial charge in [-0.3, -0.25) is 10.1 Å². The van der Waals surface area contributed by atoms with Gasteiger partial charge in [-0.05, 0) is 31.2 Å². The minimum absolute atomic E-state index is 0.104. The molecule has 2 aliphatic heterocycles. The molecule has 0 spiro atoms. The zero-order valence-corrected chi connectivity index (χ0v) is 11.5. The van der Waals surface area contributed by atoms with Crippen LogP contribution in [0.2, 0.25) is 0 Å². The Morgan fingerprint density at radius 1 is 1.25 bits per heavy atom. The summed E-state index contributed by atoms with van der Waals surface area (Å²) in [7, 11) is 0. The fourth-order valence-electron chi connectivity index (χ4n) is 3.25. The first-order valence-corrected chi connectivity index (χ1v) is 7.30. The van der Waals surface area contributed by atoms with Crippen molar-refractivity contribution >= 4 is 5.91 Å². The number of amides is 1. The van der Waals surface area contributed by atoms with Crippen molar-refractivity contribution in [3.63, 3.8) is 0 Å². The third-order valence-electron chi connectivity index (χ3n) is 4.33. The Balaban J connectivity index is 1.65. The van der Waals surface area contributed by atoms with Gasteiger partial charge in [0, 0.05) is 12.6 Å². The molecule has 3 rings (SSSR count). The third-order valence-corrected chi connectivity index (χ3v) is 4.33. The molecule has 3 atom stereocenters. The third kappa shape index (κ3) is 2.41. The Morgan fingerprint density at radius 2 is 2.05 bits per heavy atom. The van der Waals surface area contributed by atoms with E-state index in [1.807, 2.05) is 18.2 Å². The second kappa shape index (κ2) is 5.64. The van der Waals surface area contributed by atoms with E-state index in [0.717, 1.165) is 32.2 Å². The molecule has 2 aliphatic rings. The van der Waals surface area contributed by atoms with Crippen molar-refractivity contribution in [2.24, 2.45) is 0 Å². The Labute approximate surface area is 119 Å². The predicted octanol–water partition coefficient (Wildman–Crippen LogP) is 1.99. The maximum absolute atomic E-state index is 12.5. The highest BCUT2D eigenvalue weighted by molar-refractivity contribution is 5.83. The van der Waals surface area contributed by atoms with Crippen LogP contribution in [0, 0.1) is 11.3 Å². The zero-order valence-electron chi connectivity index (χ0n) is 11.5. The van der Waals surface area contributed by atoms with Gasteiger partial charge in [0.2, 0.25) is 5.91 Å². The topological polar surface area (TPSA) is 56.1 Å². The molecule has 104 valence electrons. The number of hydrogen-bond donors (Lipinski definition) is 1. The van der Waals surface area contributed by atoms with Gasteiger partial charge in [0.25, 0.3) is 0 Å². The lowest BCUT2D eigenvalue weighted by Gasteiger charge is -2.24. The normalized spacial score (nSPS) is 29.4. The summed E-state index contributed by atoms with van der Waals surface area (Å²) in [4.78, 5) is 14.3. The van der Waals surface area contributed by atoms with Crippen molar-refractivity contribution in [1.29, 1.82) is 5.26 Å². The van der Waals surface area contributed by atoms with E-state index in [2.05, 4.69) is 23.5 Å². The Bertz CT molecular complexity index is 522. The second-order valence-electron chi connectivity index (χ2n) is 5.58. The summed E-state index contributed by atoms with van der Waals surface area (Å²) in [6.45, 7) is 0.727.